The topological polar surface area (TPSA) is 91.3 Å². The molecule has 0 aliphatic heterocycles. The second kappa shape index (κ2) is 12.7. The molecule has 44 heavy (non-hydrogen) atoms. The van der Waals surface area contributed by atoms with Crippen molar-refractivity contribution in [3.05, 3.63) is 107 Å². The molecule has 14 heteroatoms. The monoisotopic (exact) mass is 623 g/mol. The largest absolute Gasteiger partial charge is 0.481 e. The van der Waals surface area contributed by atoms with Crippen LogP contribution in [0.2, 0.25) is 0 Å². The zero-order valence-electron chi connectivity index (χ0n) is 22.3. The van der Waals surface area contributed by atoms with Gasteiger partial charge in [0.15, 0.2) is 0 Å². The highest BCUT2D eigenvalue weighted by atomic mass is 19.4. The third-order valence-electron chi connectivity index (χ3n) is 6.40. The van der Waals surface area contributed by atoms with E-state index in [4.69, 9.17) is 5.11 Å². The van der Waals surface area contributed by atoms with Crippen molar-refractivity contribution in [3.63, 3.8) is 0 Å². The Kier molecular flexibility index (Phi) is 9.21. The minimum atomic E-state index is -4.93. The van der Waals surface area contributed by atoms with Crippen LogP contribution in [0.5, 0.6) is 0 Å². The number of benzene rings is 3. The number of pyridine rings is 1. The van der Waals surface area contributed by atoms with E-state index in [0.29, 0.717) is 12.1 Å². The molecular formula is C30H21F8N3O3. The quantitative estimate of drug-likeness (QED) is 0.168. The normalized spacial score (nSPS) is 11.7. The van der Waals surface area contributed by atoms with E-state index in [1.165, 1.54) is 18.2 Å². The zero-order chi connectivity index (χ0) is 32.2. The highest BCUT2D eigenvalue weighted by molar-refractivity contribution is 5.92. The van der Waals surface area contributed by atoms with Gasteiger partial charge in [0, 0.05) is 42.2 Å². The molecule has 0 bridgehead atoms. The SMILES string of the molecule is O=C(O)CCNC(=O)c1ccc(-c2cc(C(F)(F)F)ccc2CNc2ccc(-c3ccc(F)cc3F)c(C(F)(F)F)c2)cn1. The van der Waals surface area contributed by atoms with Crippen molar-refractivity contribution in [2.45, 2.75) is 25.3 Å². The fourth-order valence-electron chi connectivity index (χ4n) is 4.27. The van der Waals surface area contributed by atoms with E-state index < -0.39 is 58.1 Å². The first-order valence-corrected chi connectivity index (χ1v) is 12.7. The van der Waals surface area contributed by atoms with E-state index in [0.717, 1.165) is 42.6 Å². The summed E-state index contributed by atoms with van der Waals surface area (Å²) in [7, 11) is 0. The number of aromatic nitrogens is 1. The molecule has 0 fully saturated rings. The molecule has 230 valence electrons. The van der Waals surface area contributed by atoms with Gasteiger partial charge in [-0.2, -0.15) is 26.3 Å². The second-order valence-electron chi connectivity index (χ2n) is 9.44. The van der Waals surface area contributed by atoms with Crippen LogP contribution in [0.25, 0.3) is 22.3 Å². The van der Waals surface area contributed by atoms with Crippen LogP contribution >= 0.6 is 0 Å². The first-order chi connectivity index (χ1) is 20.6. The molecule has 0 atom stereocenters. The number of nitrogens with zero attached hydrogens (tertiary/aromatic N) is 1. The van der Waals surface area contributed by atoms with Gasteiger partial charge in [0.25, 0.3) is 5.91 Å². The molecule has 4 rings (SSSR count). The van der Waals surface area contributed by atoms with Gasteiger partial charge in [0.05, 0.1) is 17.5 Å². The van der Waals surface area contributed by atoms with Crippen LogP contribution in [-0.4, -0.2) is 28.5 Å². The van der Waals surface area contributed by atoms with Gasteiger partial charge < -0.3 is 15.7 Å². The lowest BCUT2D eigenvalue weighted by Gasteiger charge is -2.18. The molecule has 1 amide bonds. The first kappa shape index (κ1) is 31.9. The summed E-state index contributed by atoms with van der Waals surface area (Å²) >= 11 is 0. The van der Waals surface area contributed by atoms with Gasteiger partial charge in [0.1, 0.15) is 17.3 Å². The van der Waals surface area contributed by atoms with Crippen LogP contribution in [0.15, 0.2) is 72.9 Å². The van der Waals surface area contributed by atoms with E-state index in [1.54, 1.807) is 0 Å². The number of nitrogens with one attached hydrogen (secondary N) is 2. The Labute approximate surface area is 244 Å². The molecule has 0 aliphatic carbocycles. The van der Waals surface area contributed by atoms with Crippen molar-refractivity contribution < 1.29 is 49.8 Å². The smallest absolute Gasteiger partial charge is 0.417 e. The minimum absolute atomic E-state index is 0.0266. The molecule has 4 aromatic rings. The van der Waals surface area contributed by atoms with Crippen LogP contribution in [0.3, 0.4) is 0 Å². The standard InChI is InChI=1S/C30H21F8N3O3/c31-19-4-6-22(25(32)12-19)21-7-5-20(13-24(21)30(36,37)38)40-14-16-1-3-18(29(33,34)35)11-23(16)17-2-8-26(41-15-17)28(44)39-10-9-27(42)43/h1-8,11-13,15,40H,9-10,14H2,(H,39,44)(H,42,43). The average molecular weight is 624 g/mol. The van der Waals surface area contributed by atoms with Crippen LogP contribution in [-0.2, 0) is 23.7 Å². The zero-order valence-corrected chi connectivity index (χ0v) is 22.3. The summed E-state index contributed by atoms with van der Waals surface area (Å²) < 4.78 is 110. The predicted octanol–water partition coefficient (Wildman–Crippen LogP) is 7.55. The summed E-state index contributed by atoms with van der Waals surface area (Å²) in [6.45, 7) is -0.413. The molecule has 1 heterocycles. The summed E-state index contributed by atoms with van der Waals surface area (Å²) in [5.74, 6) is -3.99. The molecular weight excluding hydrogens is 602 g/mol. The number of alkyl halides is 6. The Bertz CT molecular complexity index is 1690. The number of carbonyl (C=O) groups is 2. The molecule has 0 unspecified atom stereocenters. The van der Waals surface area contributed by atoms with Crippen LogP contribution < -0.4 is 10.6 Å². The van der Waals surface area contributed by atoms with Gasteiger partial charge in [-0.1, -0.05) is 18.2 Å². The third kappa shape index (κ3) is 7.68. The summed E-state index contributed by atoms with van der Waals surface area (Å²) in [5, 5.41) is 13.8. The highest BCUT2D eigenvalue weighted by Gasteiger charge is 2.35. The van der Waals surface area contributed by atoms with Crippen LogP contribution in [0.4, 0.5) is 40.8 Å². The number of hydrogen-bond acceptors (Lipinski definition) is 4. The number of carboxylic acid groups (broad SMARTS) is 1. The molecule has 0 saturated carbocycles. The van der Waals surface area contributed by atoms with Crippen molar-refractivity contribution >= 4 is 17.6 Å². The van der Waals surface area contributed by atoms with Gasteiger partial charge in [-0.05, 0) is 59.2 Å². The van der Waals surface area contributed by atoms with Crippen molar-refractivity contribution in [2.24, 2.45) is 0 Å². The van der Waals surface area contributed by atoms with Gasteiger partial charge in [-0.25, -0.2) is 8.78 Å². The lowest BCUT2D eigenvalue weighted by Crippen LogP contribution is -2.26. The average Bonchev–Trinajstić information content (AvgIpc) is 2.95. The third-order valence-corrected chi connectivity index (χ3v) is 6.40. The van der Waals surface area contributed by atoms with Crippen molar-refractivity contribution in [3.8, 4) is 22.3 Å². The second-order valence-corrected chi connectivity index (χ2v) is 9.44. The molecule has 3 aromatic carbocycles. The first-order valence-electron chi connectivity index (χ1n) is 12.7. The molecule has 6 nitrogen and oxygen atoms in total. The van der Waals surface area contributed by atoms with Crippen LogP contribution in [0, 0.1) is 11.6 Å². The summed E-state index contributed by atoms with van der Waals surface area (Å²) in [6, 6.07) is 10.4. The lowest BCUT2D eigenvalue weighted by atomic mass is 9.96. The Balaban J connectivity index is 1.64. The van der Waals surface area contributed by atoms with Crippen molar-refractivity contribution in [2.75, 3.05) is 11.9 Å². The van der Waals surface area contributed by atoms with Crippen molar-refractivity contribution in [1.29, 1.82) is 0 Å². The van der Waals surface area contributed by atoms with Crippen molar-refractivity contribution in [1.82, 2.24) is 10.3 Å². The van der Waals surface area contributed by atoms with Gasteiger partial charge >= 0.3 is 18.3 Å². The number of amides is 1. The van der Waals surface area contributed by atoms with Gasteiger partial charge in [-0.15, -0.1) is 0 Å². The van der Waals surface area contributed by atoms with Gasteiger partial charge in [-0.3, -0.25) is 14.6 Å². The molecule has 0 spiro atoms. The Morgan fingerprint density at radius 3 is 2.14 bits per heavy atom. The number of carboxylic acids is 1. The summed E-state index contributed by atoms with van der Waals surface area (Å²) in [6.07, 6.45) is -8.84. The maximum atomic E-state index is 14.3. The highest BCUT2D eigenvalue weighted by Crippen LogP contribution is 2.40. The van der Waals surface area contributed by atoms with E-state index in [1.807, 2.05) is 0 Å². The number of carbonyl (C=O) groups excluding carboxylic acids is 1. The maximum absolute atomic E-state index is 14.3. The number of anilines is 1. The molecule has 0 aliphatic rings. The molecule has 0 saturated heterocycles. The van der Waals surface area contributed by atoms with E-state index in [2.05, 4.69) is 15.6 Å². The van der Waals surface area contributed by atoms with Gasteiger partial charge in [0.2, 0.25) is 0 Å². The summed E-state index contributed by atoms with van der Waals surface area (Å²) in [5.41, 5.74) is -3.01. The van der Waals surface area contributed by atoms with E-state index in [9.17, 15) is 44.7 Å². The number of halogens is 8. The minimum Gasteiger partial charge on any atom is -0.481 e. The molecule has 3 N–H and O–H groups in total. The van der Waals surface area contributed by atoms with Crippen LogP contribution in [0.1, 0.15) is 33.6 Å². The fourth-order valence-corrected chi connectivity index (χ4v) is 4.27. The van der Waals surface area contributed by atoms with E-state index >= 15 is 0 Å². The lowest BCUT2D eigenvalue weighted by molar-refractivity contribution is -0.138. The predicted molar refractivity (Wildman–Crippen MR) is 143 cm³/mol. The Hall–Kier alpha value is -5.01. The molecule has 1 aromatic heterocycles. The fraction of sp³-hybridized carbons (Fsp3) is 0.167. The summed E-state index contributed by atoms with van der Waals surface area (Å²) in [4.78, 5) is 26.8. The molecule has 0 radical (unpaired) electrons. The number of hydrogen-bond donors (Lipinski definition) is 3. The maximum Gasteiger partial charge on any atom is 0.417 e. The number of aliphatic carboxylic acids is 1. The Morgan fingerprint density at radius 2 is 1.52 bits per heavy atom. The number of rotatable bonds is 9. The Morgan fingerprint density at radius 1 is 0.795 bits per heavy atom. The van der Waals surface area contributed by atoms with E-state index in [-0.39, 0.29) is 47.6 Å².